The minimum absolute atomic E-state index is 0.0561. The lowest BCUT2D eigenvalue weighted by Gasteiger charge is -2.45. The van der Waals surface area contributed by atoms with E-state index in [2.05, 4.69) is 20.9 Å². The molecule has 198 valence electrons. The van der Waals surface area contributed by atoms with Gasteiger partial charge >= 0.3 is 5.97 Å². The van der Waals surface area contributed by atoms with Gasteiger partial charge in [-0.05, 0) is 29.1 Å². The monoisotopic (exact) mass is 550 g/mol. The SMILES string of the molecule is NC(=O)C(C(=O)Nc1nccs1)(c1ccccc1)C1(c2cc3ccccc3cn2)Nc2cccc(C(=O)O)c2N1. The highest BCUT2D eigenvalue weighted by Crippen LogP contribution is 2.52. The summed E-state index contributed by atoms with van der Waals surface area (Å²) in [6.07, 6.45) is 3.16. The maximum atomic E-state index is 14.5. The van der Waals surface area contributed by atoms with Crippen LogP contribution in [0.5, 0.6) is 0 Å². The van der Waals surface area contributed by atoms with E-state index in [1.807, 2.05) is 24.3 Å². The van der Waals surface area contributed by atoms with Crippen LogP contribution in [-0.2, 0) is 20.7 Å². The first-order chi connectivity index (χ1) is 19.4. The van der Waals surface area contributed by atoms with Crippen molar-refractivity contribution in [3.63, 3.8) is 0 Å². The molecule has 0 bridgehead atoms. The van der Waals surface area contributed by atoms with Gasteiger partial charge in [0.1, 0.15) is 0 Å². The summed E-state index contributed by atoms with van der Waals surface area (Å²) < 4.78 is 0. The molecule has 6 rings (SSSR count). The van der Waals surface area contributed by atoms with Gasteiger partial charge in [0, 0.05) is 23.2 Å². The number of carbonyl (C=O) groups excluding carboxylic acids is 2. The normalized spacial score (nSPS) is 17.2. The number of pyridine rings is 1. The maximum absolute atomic E-state index is 14.5. The second-order valence-electron chi connectivity index (χ2n) is 9.22. The number of primary amides is 1. The van der Waals surface area contributed by atoms with Crippen molar-refractivity contribution in [3.8, 4) is 0 Å². The average molecular weight is 551 g/mol. The molecule has 11 heteroatoms. The van der Waals surface area contributed by atoms with Gasteiger partial charge in [-0.3, -0.25) is 14.6 Å². The predicted octanol–water partition coefficient (Wildman–Crippen LogP) is 4.14. The molecule has 0 saturated carbocycles. The lowest BCUT2D eigenvalue weighted by atomic mass is 9.66. The number of thiazole rings is 1. The Morgan fingerprint density at radius 1 is 0.925 bits per heavy atom. The summed E-state index contributed by atoms with van der Waals surface area (Å²) in [6, 6.07) is 22.3. The van der Waals surface area contributed by atoms with Gasteiger partial charge in [0.05, 0.1) is 22.6 Å². The van der Waals surface area contributed by atoms with Crippen molar-refractivity contribution >= 4 is 56.4 Å². The van der Waals surface area contributed by atoms with Gasteiger partial charge in [-0.1, -0.05) is 60.7 Å². The standard InChI is InChI=1S/C29H22N6O4S/c30-25(38)28(19-9-2-1-3-10-19,26(39)33-27-31-13-14-40-27)29(22-15-17-7-4-5-8-18(17)16-32-22)34-21-12-6-11-20(24(36)37)23(21)35-29/h1-16,34-35H,(H2,30,38)(H,36,37)(H,31,33,39). The predicted molar refractivity (Wildman–Crippen MR) is 152 cm³/mol. The summed E-state index contributed by atoms with van der Waals surface area (Å²) in [6.45, 7) is 0. The fraction of sp³-hybridized carbons (Fsp3) is 0.0690. The summed E-state index contributed by atoms with van der Waals surface area (Å²) in [5.74, 6) is -2.96. The highest BCUT2D eigenvalue weighted by Gasteiger charge is 2.66. The number of carboxylic acids is 1. The molecule has 10 nitrogen and oxygen atoms in total. The van der Waals surface area contributed by atoms with Gasteiger partial charge in [0.2, 0.25) is 5.91 Å². The van der Waals surface area contributed by atoms with Crippen LogP contribution in [0, 0.1) is 0 Å². The van der Waals surface area contributed by atoms with Gasteiger partial charge in [0.25, 0.3) is 5.91 Å². The molecule has 2 aromatic heterocycles. The number of para-hydroxylation sites is 1. The van der Waals surface area contributed by atoms with E-state index in [1.165, 1.54) is 23.6 Å². The Morgan fingerprint density at radius 2 is 1.68 bits per heavy atom. The highest BCUT2D eigenvalue weighted by molar-refractivity contribution is 7.13. The van der Waals surface area contributed by atoms with Crippen LogP contribution in [0.1, 0.15) is 21.6 Å². The molecule has 2 amide bonds. The van der Waals surface area contributed by atoms with E-state index in [1.54, 1.807) is 60.1 Å². The zero-order valence-electron chi connectivity index (χ0n) is 20.8. The minimum atomic E-state index is -2.20. The number of fused-ring (bicyclic) bond motifs is 2. The summed E-state index contributed by atoms with van der Waals surface area (Å²) >= 11 is 1.18. The summed E-state index contributed by atoms with van der Waals surface area (Å²) in [5, 5.41) is 22.8. The number of amides is 2. The van der Waals surface area contributed by atoms with E-state index < -0.39 is 28.9 Å². The molecule has 3 heterocycles. The number of aromatic nitrogens is 2. The number of hydrogen-bond acceptors (Lipinski definition) is 8. The van der Waals surface area contributed by atoms with Gasteiger partial charge in [0.15, 0.2) is 16.2 Å². The van der Waals surface area contributed by atoms with Crippen LogP contribution >= 0.6 is 11.3 Å². The first-order valence-electron chi connectivity index (χ1n) is 12.2. The zero-order chi connectivity index (χ0) is 27.9. The molecule has 0 radical (unpaired) electrons. The van der Waals surface area contributed by atoms with E-state index in [9.17, 15) is 19.5 Å². The van der Waals surface area contributed by atoms with Crippen molar-refractivity contribution in [1.82, 2.24) is 9.97 Å². The van der Waals surface area contributed by atoms with Crippen molar-refractivity contribution in [2.75, 3.05) is 16.0 Å². The number of nitrogens with two attached hydrogens (primary N) is 1. The van der Waals surface area contributed by atoms with Crippen LogP contribution in [0.2, 0.25) is 0 Å². The molecule has 40 heavy (non-hydrogen) atoms. The van der Waals surface area contributed by atoms with Crippen LogP contribution < -0.4 is 21.7 Å². The van der Waals surface area contributed by atoms with Gasteiger partial charge in [-0.2, -0.15) is 0 Å². The number of anilines is 3. The number of nitrogens with one attached hydrogen (secondary N) is 3. The van der Waals surface area contributed by atoms with Crippen LogP contribution in [0.4, 0.5) is 16.5 Å². The largest absolute Gasteiger partial charge is 0.478 e. The molecule has 0 spiro atoms. The van der Waals surface area contributed by atoms with Crippen LogP contribution in [0.25, 0.3) is 10.8 Å². The molecule has 0 fully saturated rings. The molecule has 1 aliphatic heterocycles. The van der Waals surface area contributed by atoms with Crippen molar-refractivity contribution in [2.24, 2.45) is 5.73 Å². The molecule has 0 saturated heterocycles. The van der Waals surface area contributed by atoms with E-state index in [0.717, 1.165) is 10.8 Å². The maximum Gasteiger partial charge on any atom is 0.337 e. The van der Waals surface area contributed by atoms with Crippen molar-refractivity contribution in [3.05, 3.63) is 113 Å². The van der Waals surface area contributed by atoms with E-state index in [-0.39, 0.29) is 27.6 Å². The smallest absolute Gasteiger partial charge is 0.337 e. The summed E-state index contributed by atoms with van der Waals surface area (Å²) in [7, 11) is 0. The van der Waals surface area contributed by atoms with Gasteiger partial charge in [-0.15, -0.1) is 11.3 Å². The second-order valence-corrected chi connectivity index (χ2v) is 10.1. The number of nitrogens with zero attached hydrogens (tertiary/aromatic N) is 2. The zero-order valence-corrected chi connectivity index (χ0v) is 21.6. The average Bonchev–Trinajstić information content (AvgIpc) is 3.62. The van der Waals surface area contributed by atoms with Crippen LogP contribution in [-0.4, -0.2) is 32.9 Å². The molecule has 5 aromatic rings. The topological polar surface area (TPSA) is 159 Å². The van der Waals surface area contributed by atoms with Crippen molar-refractivity contribution in [1.29, 1.82) is 0 Å². The number of rotatable bonds is 7. The van der Waals surface area contributed by atoms with Gasteiger partial charge < -0.3 is 26.8 Å². The van der Waals surface area contributed by atoms with Crippen molar-refractivity contribution < 1.29 is 19.5 Å². The second kappa shape index (κ2) is 9.47. The Morgan fingerprint density at radius 3 is 2.38 bits per heavy atom. The Kier molecular flexibility index (Phi) is 5.92. The third-order valence-electron chi connectivity index (χ3n) is 7.08. The minimum Gasteiger partial charge on any atom is -0.478 e. The summed E-state index contributed by atoms with van der Waals surface area (Å²) in [5.41, 5.74) is 3.17. The molecule has 1 aliphatic rings. The third-order valence-corrected chi connectivity index (χ3v) is 7.77. The third kappa shape index (κ3) is 3.67. The van der Waals surface area contributed by atoms with E-state index in [4.69, 9.17) is 10.7 Å². The molecular weight excluding hydrogens is 528 g/mol. The number of benzene rings is 3. The molecule has 6 N–H and O–H groups in total. The van der Waals surface area contributed by atoms with Crippen LogP contribution in [0.15, 0.2) is 96.6 Å². The fourth-order valence-corrected chi connectivity index (χ4v) is 5.83. The Labute approximate surface area is 231 Å². The van der Waals surface area contributed by atoms with Gasteiger partial charge in [-0.25, -0.2) is 9.78 Å². The lowest BCUT2D eigenvalue weighted by molar-refractivity contribution is -0.135. The number of aromatic carboxylic acids is 1. The first kappa shape index (κ1) is 25.0. The molecule has 3 aromatic carbocycles. The number of carbonyl (C=O) groups is 3. The lowest BCUT2D eigenvalue weighted by Crippen LogP contribution is -2.68. The quantitative estimate of drug-likeness (QED) is 0.189. The number of hydrogen-bond donors (Lipinski definition) is 5. The number of carboxylic acid groups (broad SMARTS) is 1. The van der Waals surface area contributed by atoms with E-state index in [0.29, 0.717) is 5.69 Å². The molecular formula is C29H22N6O4S. The Bertz CT molecular complexity index is 1780. The fourth-order valence-electron chi connectivity index (χ4n) is 5.31. The Balaban J connectivity index is 1.70. The Hall–Kier alpha value is -5.29. The van der Waals surface area contributed by atoms with Crippen molar-refractivity contribution in [2.45, 2.75) is 11.1 Å². The molecule has 2 unspecified atom stereocenters. The first-order valence-corrected chi connectivity index (χ1v) is 13.1. The van der Waals surface area contributed by atoms with E-state index >= 15 is 0 Å². The highest BCUT2D eigenvalue weighted by atomic mass is 32.1. The van der Waals surface area contributed by atoms with Crippen LogP contribution in [0.3, 0.4) is 0 Å². The summed E-state index contributed by atoms with van der Waals surface area (Å²) in [4.78, 5) is 49.5. The molecule has 0 aliphatic carbocycles. The molecule has 2 atom stereocenters.